The van der Waals surface area contributed by atoms with Gasteiger partial charge in [0.05, 0.1) is 10.0 Å². The molecule has 18 heavy (non-hydrogen) atoms. The number of anilines is 1. The predicted octanol–water partition coefficient (Wildman–Crippen LogP) is 5.47. The first-order valence-corrected chi connectivity index (χ1v) is 7.32. The molecule has 4 heteroatoms. The van der Waals surface area contributed by atoms with Crippen LogP contribution in [0, 0.1) is 0 Å². The van der Waals surface area contributed by atoms with Gasteiger partial charge in [0.25, 0.3) is 0 Å². The van der Waals surface area contributed by atoms with Crippen molar-refractivity contribution in [2.24, 2.45) is 0 Å². The summed E-state index contributed by atoms with van der Waals surface area (Å²) in [6.07, 6.45) is 7.62. The van der Waals surface area contributed by atoms with Crippen LogP contribution in [-0.4, -0.2) is 11.7 Å². The van der Waals surface area contributed by atoms with Crippen LogP contribution in [0.4, 0.5) is 5.69 Å². The first kappa shape index (κ1) is 15.5. The van der Waals surface area contributed by atoms with Crippen LogP contribution in [0.3, 0.4) is 0 Å². The number of phenols is 1. The number of hydrogen-bond acceptors (Lipinski definition) is 2. The molecule has 102 valence electrons. The number of unbranched alkanes of at least 4 members (excludes halogenated alkanes) is 5. The number of phenolic OH excluding ortho intramolecular Hbond substituents is 1. The molecule has 0 spiro atoms. The molecule has 0 aliphatic heterocycles. The van der Waals surface area contributed by atoms with Crippen LogP contribution >= 0.6 is 23.2 Å². The Bertz CT molecular complexity index is 346. The average molecular weight is 290 g/mol. The molecule has 0 aliphatic rings. The van der Waals surface area contributed by atoms with E-state index >= 15 is 0 Å². The van der Waals surface area contributed by atoms with Gasteiger partial charge in [-0.05, 0) is 18.6 Å². The summed E-state index contributed by atoms with van der Waals surface area (Å²) in [7, 11) is 0. The molecule has 0 amide bonds. The van der Waals surface area contributed by atoms with Crippen LogP contribution in [0.15, 0.2) is 12.1 Å². The lowest BCUT2D eigenvalue weighted by Crippen LogP contribution is -2.01. The van der Waals surface area contributed by atoms with Crippen molar-refractivity contribution >= 4 is 28.9 Å². The third kappa shape index (κ3) is 5.36. The Morgan fingerprint density at radius 1 is 1.00 bits per heavy atom. The molecule has 0 aromatic heterocycles. The lowest BCUT2D eigenvalue weighted by atomic mass is 10.1. The zero-order valence-electron chi connectivity index (χ0n) is 10.8. The maximum Gasteiger partial charge on any atom is 0.152 e. The Labute approximate surface area is 119 Å². The van der Waals surface area contributed by atoms with Gasteiger partial charge in [0, 0.05) is 12.2 Å². The Morgan fingerprint density at radius 3 is 2.17 bits per heavy atom. The fourth-order valence-corrected chi connectivity index (χ4v) is 2.29. The van der Waals surface area contributed by atoms with Crippen molar-refractivity contribution in [3.05, 3.63) is 22.2 Å². The molecule has 2 nitrogen and oxygen atoms in total. The molecule has 2 N–H and O–H groups in total. The second-order valence-corrected chi connectivity index (χ2v) is 5.30. The maximum absolute atomic E-state index is 9.43. The van der Waals surface area contributed by atoms with Gasteiger partial charge in [-0.2, -0.15) is 0 Å². The van der Waals surface area contributed by atoms with E-state index in [-0.39, 0.29) is 15.8 Å². The van der Waals surface area contributed by atoms with E-state index in [1.165, 1.54) is 32.1 Å². The maximum atomic E-state index is 9.43. The summed E-state index contributed by atoms with van der Waals surface area (Å²) in [6, 6.07) is 3.39. The molecule has 0 heterocycles. The third-order valence-electron chi connectivity index (χ3n) is 2.88. The van der Waals surface area contributed by atoms with Crippen molar-refractivity contribution in [3.8, 4) is 5.75 Å². The van der Waals surface area contributed by atoms with Gasteiger partial charge in [0.1, 0.15) is 0 Å². The highest BCUT2D eigenvalue weighted by Gasteiger charge is 2.05. The first-order valence-electron chi connectivity index (χ1n) is 6.57. The Balaban J connectivity index is 2.23. The monoisotopic (exact) mass is 289 g/mol. The highest BCUT2D eigenvalue weighted by atomic mass is 35.5. The average Bonchev–Trinajstić information content (AvgIpc) is 2.34. The molecule has 0 atom stereocenters. The number of aromatic hydroxyl groups is 1. The van der Waals surface area contributed by atoms with Crippen LogP contribution < -0.4 is 5.32 Å². The summed E-state index contributed by atoms with van der Waals surface area (Å²) in [5.41, 5.74) is 0.858. The molecule has 0 saturated carbocycles. The van der Waals surface area contributed by atoms with Crippen molar-refractivity contribution in [1.29, 1.82) is 0 Å². The van der Waals surface area contributed by atoms with Gasteiger partial charge in [-0.3, -0.25) is 0 Å². The number of hydrogen-bond donors (Lipinski definition) is 2. The number of nitrogens with one attached hydrogen (secondary N) is 1. The molecule has 0 unspecified atom stereocenters. The molecule has 0 saturated heterocycles. The lowest BCUT2D eigenvalue weighted by Gasteiger charge is -2.08. The highest BCUT2D eigenvalue weighted by Crippen LogP contribution is 2.34. The van der Waals surface area contributed by atoms with Gasteiger partial charge in [0.15, 0.2) is 5.75 Å². The van der Waals surface area contributed by atoms with E-state index in [9.17, 15) is 5.11 Å². The molecule has 0 fully saturated rings. The van der Waals surface area contributed by atoms with Crippen LogP contribution in [0.2, 0.25) is 10.0 Å². The van der Waals surface area contributed by atoms with E-state index in [1.54, 1.807) is 12.1 Å². The minimum atomic E-state index is -0.0524. The predicted molar refractivity (Wildman–Crippen MR) is 80.0 cm³/mol. The fourth-order valence-electron chi connectivity index (χ4n) is 1.81. The molecule has 1 aromatic rings. The van der Waals surface area contributed by atoms with E-state index in [4.69, 9.17) is 23.2 Å². The molecule has 0 aliphatic carbocycles. The topological polar surface area (TPSA) is 32.3 Å². The van der Waals surface area contributed by atoms with Crippen molar-refractivity contribution < 1.29 is 5.11 Å². The van der Waals surface area contributed by atoms with Crippen molar-refractivity contribution in [1.82, 2.24) is 0 Å². The summed E-state index contributed by atoms with van der Waals surface area (Å²) < 4.78 is 0. The summed E-state index contributed by atoms with van der Waals surface area (Å²) in [5, 5.41) is 13.3. The second-order valence-electron chi connectivity index (χ2n) is 4.48. The lowest BCUT2D eigenvalue weighted by molar-refractivity contribution is 0.476. The number of halogens is 2. The van der Waals surface area contributed by atoms with Gasteiger partial charge in [0.2, 0.25) is 0 Å². The van der Waals surface area contributed by atoms with Crippen molar-refractivity contribution in [3.63, 3.8) is 0 Å². The molecule has 1 rings (SSSR count). The summed E-state index contributed by atoms with van der Waals surface area (Å²) >= 11 is 11.7. The number of benzene rings is 1. The second kappa shape index (κ2) is 8.49. The standard InChI is InChI=1S/C14H21Cl2NO/c1-2-3-4-5-6-7-8-17-11-9-12(15)14(18)13(16)10-11/h9-10,17-18H,2-8H2,1H3. The van der Waals surface area contributed by atoms with Crippen LogP contribution in [0.25, 0.3) is 0 Å². The van der Waals surface area contributed by atoms with E-state index in [0.717, 1.165) is 18.7 Å². The Morgan fingerprint density at radius 2 is 1.56 bits per heavy atom. The van der Waals surface area contributed by atoms with E-state index in [0.29, 0.717) is 0 Å². The zero-order chi connectivity index (χ0) is 13.4. The van der Waals surface area contributed by atoms with Gasteiger partial charge >= 0.3 is 0 Å². The van der Waals surface area contributed by atoms with Gasteiger partial charge in [-0.15, -0.1) is 0 Å². The van der Waals surface area contributed by atoms with Crippen molar-refractivity contribution in [2.75, 3.05) is 11.9 Å². The first-order chi connectivity index (χ1) is 8.65. The SMILES string of the molecule is CCCCCCCCNc1cc(Cl)c(O)c(Cl)c1. The molecule has 0 radical (unpaired) electrons. The highest BCUT2D eigenvalue weighted by molar-refractivity contribution is 6.37. The minimum Gasteiger partial charge on any atom is -0.505 e. The van der Waals surface area contributed by atoms with Gasteiger partial charge in [-0.25, -0.2) is 0 Å². The van der Waals surface area contributed by atoms with E-state index in [2.05, 4.69) is 12.2 Å². The van der Waals surface area contributed by atoms with E-state index < -0.39 is 0 Å². The van der Waals surface area contributed by atoms with E-state index in [1.807, 2.05) is 0 Å². The van der Waals surface area contributed by atoms with Crippen LogP contribution in [-0.2, 0) is 0 Å². The Hall–Kier alpha value is -0.600. The molecule has 0 bridgehead atoms. The summed E-state index contributed by atoms with van der Waals surface area (Å²) in [5.74, 6) is -0.0524. The van der Waals surface area contributed by atoms with Gasteiger partial charge in [-0.1, -0.05) is 62.2 Å². The summed E-state index contributed by atoms with van der Waals surface area (Å²) in [6.45, 7) is 3.13. The van der Waals surface area contributed by atoms with Crippen LogP contribution in [0.1, 0.15) is 45.4 Å². The quantitative estimate of drug-likeness (QED) is 0.491. The van der Waals surface area contributed by atoms with Crippen LogP contribution in [0.5, 0.6) is 5.75 Å². The number of rotatable bonds is 8. The normalized spacial score (nSPS) is 10.6. The molecular formula is C14H21Cl2NO. The van der Waals surface area contributed by atoms with Gasteiger partial charge < -0.3 is 10.4 Å². The fraction of sp³-hybridized carbons (Fsp3) is 0.571. The molecule has 1 aromatic carbocycles. The smallest absolute Gasteiger partial charge is 0.152 e. The largest absolute Gasteiger partial charge is 0.505 e. The summed E-state index contributed by atoms with van der Waals surface area (Å²) in [4.78, 5) is 0. The molecular weight excluding hydrogens is 269 g/mol. The third-order valence-corrected chi connectivity index (χ3v) is 3.45. The Kier molecular flexibility index (Phi) is 7.29. The zero-order valence-corrected chi connectivity index (χ0v) is 12.3. The van der Waals surface area contributed by atoms with Crippen molar-refractivity contribution in [2.45, 2.75) is 45.4 Å². The minimum absolute atomic E-state index is 0.0524.